The average molecular weight is 291 g/mol. The van der Waals surface area contributed by atoms with Gasteiger partial charge in [0.15, 0.2) is 0 Å². The molecule has 0 aliphatic heterocycles. The van der Waals surface area contributed by atoms with E-state index in [1.165, 1.54) is 12.1 Å². The van der Waals surface area contributed by atoms with Gasteiger partial charge in [0, 0.05) is 25.3 Å². The van der Waals surface area contributed by atoms with Crippen molar-refractivity contribution in [1.29, 1.82) is 0 Å². The van der Waals surface area contributed by atoms with Crippen LogP contribution in [0.4, 0.5) is 4.39 Å². The second-order valence-electron chi connectivity index (χ2n) is 3.72. The van der Waals surface area contributed by atoms with Gasteiger partial charge in [-0.1, -0.05) is 11.6 Å². The highest BCUT2D eigenvalue weighted by atomic mass is 35.5. The van der Waals surface area contributed by atoms with Gasteiger partial charge in [-0.15, -0.1) is 0 Å². The molecule has 0 N–H and O–H groups in total. The lowest BCUT2D eigenvalue weighted by Crippen LogP contribution is -2.13. The van der Waals surface area contributed by atoms with Crippen molar-refractivity contribution in [2.45, 2.75) is 6.42 Å². The minimum absolute atomic E-state index is 0.0672. The molecule has 4 nitrogen and oxygen atoms in total. The zero-order valence-electron chi connectivity index (χ0n) is 10.7. The first-order valence-corrected chi connectivity index (χ1v) is 6.22. The fraction of sp³-hybridized carbons (Fsp3) is 0.462. The molecule has 1 aromatic rings. The molecule has 0 spiro atoms. The van der Waals surface area contributed by atoms with Gasteiger partial charge in [0.2, 0.25) is 0 Å². The van der Waals surface area contributed by atoms with Crippen LogP contribution in [0.2, 0.25) is 5.02 Å². The summed E-state index contributed by atoms with van der Waals surface area (Å²) in [7, 11) is 1.61. The molecule has 0 bridgehead atoms. The van der Waals surface area contributed by atoms with Crippen molar-refractivity contribution in [3.63, 3.8) is 0 Å². The van der Waals surface area contributed by atoms with Crippen LogP contribution in [0.3, 0.4) is 0 Å². The number of carbonyl (C=O) groups is 1. The van der Waals surface area contributed by atoms with Gasteiger partial charge in [0.25, 0.3) is 0 Å². The van der Waals surface area contributed by atoms with Gasteiger partial charge in [-0.2, -0.15) is 0 Å². The van der Waals surface area contributed by atoms with E-state index < -0.39 is 11.8 Å². The third kappa shape index (κ3) is 6.00. The van der Waals surface area contributed by atoms with Crippen molar-refractivity contribution in [1.82, 2.24) is 0 Å². The molecule has 0 atom stereocenters. The number of rotatable bonds is 8. The zero-order chi connectivity index (χ0) is 14.1. The number of hydrogen-bond acceptors (Lipinski definition) is 4. The van der Waals surface area contributed by atoms with E-state index >= 15 is 0 Å². The molecule has 6 heteroatoms. The summed E-state index contributed by atoms with van der Waals surface area (Å²) in [6.45, 7) is 1.47. The lowest BCUT2D eigenvalue weighted by molar-refractivity contribution is 0.0284. The van der Waals surface area contributed by atoms with Gasteiger partial charge in [-0.05, 0) is 24.6 Å². The Labute approximate surface area is 116 Å². The quantitative estimate of drug-likeness (QED) is 0.545. The highest BCUT2D eigenvalue weighted by Gasteiger charge is 2.13. The predicted molar refractivity (Wildman–Crippen MR) is 69.0 cm³/mol. The molecule has 19 heavy (non-hydrogen) atoms. The Kier molecular flexibility index (Phi) is 7.40. The number of halogens is 2. The van der Waals surface area contributed by atoms with Crippen LogP contribution < -0.4 is 0 Å². The fourth-order valence-electron chi connectivity index (χ4n) is 1.33. The van der Waals surface area contributed by atoms with E-state index in [0.717, 1.165) is 12.5 Å². The Morgan fingerprint density at radius 1 is 1.26 bits per heavy atom. The minimum Gasteiger partial charge on any atom is -0.460 e. The summed E-state index contributed by atoms with van der Waals surface area (Å²) < 4.78 is 28.3. The largest absolute Gasteiger partial charge is 0.460 e. The molecular weight excluding hydrogens is 275 g/mol. The Bertz CT molecular complexity index is 412. The van der Waals surface area contributed by atoms with Crippen molar-refractivity contribution in [2.24, 2.45) is 0 Å². The maximum absolute atomic E-state index is 13.3. The van der Waals surface area contributed by atoms with Gasteiger partial charge in [-0.3, -0.25) is 0 Å². The maximum atomic E-state index is 13.3. The summed E-state index contributed by atoms with van der Waals surface area (Å²) in [5.41, 5.74) is -0.174. The summed E-state index contributed by atoms with van der Waals surface area (Å²) in [6.07, 6.45) is 0.771. The molecule has 106 valence electrons. The lowest BCUT2D eigenvalue weighted by Gasteiger charge is -2.07. The molecule has 0 amide bonds. The monoisotopic (exact) mass is 290 g/mol. The number of ether oxygens (including phenoxy) is 3. The van der Waals surface area contributed by atoms with E-state index in [1.807, 2.05) is 0 Å². The van der Waals surface area contributed by atoms with Crippen LogP contribution in [-0.4, -0.2) is 39.5 Å². The summed E-state index contributed by atoms with van der Waals surface area (Å²) >= 11 is 5.68. The summed E-state index contributed by atoms with van der Waals surface area (Å²) in [6, 6.07) is 3.73. The van der Waals surface area contributed by atoms with E-state index in [0.29, 0.717) is 13.2 Å². The van der Waals surface area contributed by atoms with Crippen molar-refractivity contribution in [2.75, 3.05) is 33.5 Å². The van der Waals surface area contributed by atoms with Crippen molar-refractivity contribution in [3.05, 3.63) is 34.6 Å². The first kappa shape index (κ1) is 15.9. The zero-order valence-corrected chi connectivity index (χ0v) is 11.4. The van der Waals surface area contributed by atoms with Gasteiger partial charge in [-0.25, -0.2) is 9.18 Å². The lowest BCUT2D eigenvalue weighted by atomic mass is 10.2. The number of methoxy groups -OCH3 is 1. The highest BCUT2D eigenvalue weighted by Crippen LogP contribution is 2.15. The molecule has 0 saturated carbocycles. The maximum Gasteiger partial charge on any atom is 0.341 e. The summed E-state index contributed by atoms with van der Waals surface area (Å²) in [4.78, 5) is 11.6. The van der Waals surface area contributed by atoms with E-state index in [4.69, 9.17) is 25.8 Å². The van der Waals surface area contributed by atoms with Gasteiger partial charge in [0.05, 0.1) is 12.2 Å². The smallest absolute Gasteiger partial charge is 0.341 e. The number of carbonyl (C=O) groups excluding carboxylic acids is 1. The van der Waals surface area contributed by atoms with Crippen LogP contribution in [-0.2, 0) is 14.2 Å². The fourth-order valence-corrected chi connectivity index (χ4v) is 1.50. The number of hydrogen-bond donors (Lipinski definition) is 0. The topological polar surface area (TPSA) is 44.8 Å². The molecule has 0 radical (unpaired) electrons. The Hall–Kier alpha value is -1.17. The number of esters is 1. The van der Waals surface area contributed by atoms with Crippen LogP contribution in [0.15, 0.2) is 18.2 Å². The normalized spacial score (nSPS) is 10.5. The molecule has 0 aromatic heterocycles. The van der Waals surface area contributed by atoms with Crippen molar-refractivity contribution in [3.8, 4) is 0 Å². The third-order valence-corrected chi connectivity index (χ3v) is 2.48. The molecule has 0 heterocycles. The first-order valence-electron chi connectivity index (χ1n) is 5.84. The SMILES string of the molecule is COCCCOCCOC(=O)c1cc(Cl)ccc1F. The van der Waals surface area contributed by atoms with Crippen LogP contribution >= 0.6 is 11.6 Å². The van der Waals surface area contributed by atoms with Crippen LogP contribution in [0.1, 0.15) is 16.8 Å². The highest BCUT2D eigenvalue weighted by molar-refractivity contribution is 6.30. The van der Waals surface area contributed by atoms with E-state index in [1.54, 1.807) is 7.11 Å². The molecule has 1 aromatic carbocycles. The van der Waals surface area contributed by atoms with E-state index in [2.05, 4.69) is 0 Å². The summed E-state index contributed by atoms with van der Waals surface area (Å²) in [5, 5.41) is 0.282. The second kappa shape index (κ2) is 8.85. The standard InChI is InChI=1S/C13H16ClFO4/c1-17-5-2-6-18-7-8-19-13(16)11-9-10(14)3-4-12(11)15/h3-4,9H,2,5-8H2,1H3. The second-order valence-corrected chi connectivity index (χ2v) is 4.16. The first-order chi connectivity index (χ1) is 9.15. The molecule has 0 unspecified atom stereocenters. The van der Waals surface area contributed by atoms with E-state index in [-0.39, 0.29) is 23.8 Å². The molecule has 0 fully saturated rings. The van der Waals surface area contributed by atoms with Crippen LogP contribution in [0.5, 0.6) is 0 Å². The Balaban J connectivity index is 2.26. The van der Waals surface area contributed by atoms with Gasteiger partial charge >= 0.3 is 5.97 Å². The van der Waals surface area contributed by atoms with Crippen molar-refractivity contribution < 1.29 is 23.4 Å². The molecule has 1 rings (SSSR count). The Morgan fingerprint density at radius 2 is 2.05 bits per heavy atom. The van der Waals surface area contributed by atoms with Crippen LogP contribution in [0.25, 0.3) is 0 Å². The van der Waals surface area contributed by atoms with Crippen molar-refractivity contribution >= 4 is 17.6 Å². The molecule has 0 saturated heterocycles. The Morgan fingerprint density at radius 3 is 2.79 bits per heavy atom. The third-order valence-electron chi connectivity index (χ3n) is 2.25. The minimum atomic E-state index is -0.750. The van der Waals surface area contributed by atoms with Gasteiger partial charge in [0.1, 0.15) is 12.4 Å². The predicted octanol–water partition coefficient (Wildman–Crippen LogP) is 2.69. The van der Waals surface area contributed by atoms with Crippen LogP contribution in [0, 0.1) is 5.82 Å². The summed E-state index contributed by atoms with van der Waals surface area (Å²) in [5.74, 6) is -1.41. The molecule has 0 aliphatic carbocycles. The molecular formula is C13H16ClFO4. The number of benzene rings is 1. The molecule has 0 aliphatic rings. The average Bonchev–Trinajstić information content (AvgIpc) is 2.40. The van der Waals surface area contributed by atoms with E-state index in [9.17, 15) is 9.18 Å². The van der Waals surface area contributed by atoms with Gasteiger partial charge < -0.3 is 14.2 Å².